The van der Waals surface area contributed by atoms with E-state index in [1.54, 1.807) is 11.0 Å². The van der Waals surface area contributed by atoms with Crippen LogP contribution < -0.4 is 11.1 Å². The molecule has 1 aliphatic rings. The average molecular weight is 341 g/mol. The number of nitrogens with one attached hydrogen (secondary N) is 2. The summed E-state index contributed by atoms with van der Waals surface area (Å²) >= 11 is 0. The smallest absolute Gasteiger partial charge is 0.271 e. The number of nitrogens with zero attached hydrogens (tertiary/aromatic N) is 2. The number of H-pyrrole nitrogens is 1. The fraction of sp³-hybridized carbons (Fsp3) is 0.389. The molecule has 1 aromatic heterocycles. The Kier molecular flexibility index (Phi) is 5.45. The van der Waals surface area contributed by atoms with Gasteiger partial charge in [0.1, 0.15) is 5.69 Å². The molecule has 4 N–H and O–H groups in total. The summed E-state index contributed by atoms with van der Waals surface area (Å²) in [4.78, 5) is 26.6. The summed E-state index contributed by atoms with van der Waals surface area (Å²) in [6.45, 7) is 1.95. The lowest BCUT2D eigenvalue weighted by molar-refractivity contribution is -0.126. The Morgan fingerprint density at radius 3 is 2.88 bits per heavy atom. The Balaban J connectivity index is 1.66. The third kappa shape index (κ3) is 4.06. The minimum Gasteiger partial charge on any atom is -0.355 e. The standard InChI is InChI=1S/C18H23N5O2/c19-8-9-20-17(24)14-7-4-10-23(12-14)18(25)16-11-15(21-22-16)13-5-2-1-3-6-13/h1-3,5-6,11,14H,4,7-10,12,19H2,(H,20,24)(H,21,22). The van der Waals surface area contributed by atoms with Gasteiger partial charge in [0.05, 0.1) is 11.6 Å². The predicted molar refractivity (Wildman–Crippen MR) is 94.7 cm³/mol. The van der Waals surface area contributed by atoms with Gasteiger partial charge in [-0.2, -0.15) is 5.10 Å². The number of aromatic nitrogens is 2. The maximum atomic E-state index is 12.7. The molecule has 3 rings (SSSR count). The normalized spacial score (nSPS) is 17.3. The molecule has 0 aliphatic carbocycles. The lowest BCUT2D eigenvalue weighted by Gasteiger charge is -2.31. The average Bonchev–Trinajstić information content (AvgIpc) is 3.16. The molecular weight excluding hydrogens is 318 g/mol. The van der Waals surface area contributed by atoms with E-state index in [0.29, 0.717) is 31.9 Å². The molecule has 0 bridgehead atoms. The van der Waals surface area contributed by atoms with Crippen LogP contribution >= 0.6 is 0 Å². The second-order valence-corrected chi connectivity index (χ2v) is 6.20. The number of carbonyl (C=O) groups excluding carboxylic acids is 2. The first-order valence-corrected chi connectivity index (χ1v) is 8.57. The van der Waals surface area contributed by atoms with Gasteiger partial charge in [0, 0.05) is 31.7 Å². The fourth-order valence-electron chi connectivity index (χ4n) is 3.07. The molecule has 1 aliphatic heterocycles. The molecule has 2 amide bonds. The monoisotopic (exact) mass is 341 g/mol. The molecule has 25 heavy (non-hydrogen) atoms. The molecule has 1 saturated heterocycles. The van der Waals surface area contributed by atoms with Gasteiger partial charge in [-0.05, 0) is 18.9 Å². The number of benzene rings is 1. The summed E-state index contributed by atoms with van der Waals surface area (Å²) in [5.41, 5.74) is 7.55. The summed E-state index contributed by atoms with van der Waals surface area (Å²) in [5, 5.41) is 9.86. The maximum Gasteiger partial charge on any atom is 0.271 e. The first kappa shape index (κ1) is 17.2. The van der Waals surface area contributed by atoms with E-state index in [-0.39, 0.29) is 17.7 Å². The van der Waals surface area contributed by atoms with Crippen LogP contribution in [0.25, 0.3) is 11.3 Å². The lowest BCUT2D eigenvalue weighted by atomic mass is 9.97. The zero-order valence-electron chi connectivity index (χ0n) is 14.1. The van der Waals surface area contributed by atoms with Gasteiger partial charge in [-0.1, -0.05) is 30.3 Å². The number of carbonyl (C=O) groups is 2. The van der Waals surface area contributed by atoms with Crippen LogP contribution in [0.3, 0.4) is 0 Å². The second-order valence-electron chi connectivity index (χ2n) is 6.20. The quantitative estimate of drug-likeness (QED) is 0.755. The number of amides is 2. The van der Waals surface area contributed by atoms with E-state index in [0.717, 1.165) is 24.1 Å². The SMILES string of the molecule is NCCNC(=O)C1CCCN(C(=O)c2cc(-c3ccccc3)n[nH]2)C1. The van der Waals surface area contributed by atoms with Crippen LogP contribution in [0.1, 0.15) is 23.3 Å². The van der Waals surface area contributed by atoms with Crippen molar-refractivity contribution in [1.82, 2.24) is 20.4 Å². The number of piperidine rings is 1. The van der Waals surface area contributed by atoms with Gasteiger partial charge >= 0.3 is 0 Å². The number of hydrogen-bond donors (Lipinski definition) is 3. The van der Waals surface area contributed by atoms with Crippen molar-refractivity contribution in [3.8, 4) is 11.3 Å². The Morgan fingerprint density at radius 2 is 2.12 bits per heavy atom. The van der Waals surface area contributed by atoms with Gasteiger partial charge in [0.15, 0.2) is 0 Å². The van der Waals surface area contributed by atoms with Gasteiger partial charge in [-0.25, -0.2) is 0 Å². The maximum absolute atomic E-state index is 12.7. The molecule has 0 radical (unpaired) electrons. The highest BCUT2D eigenvalue weighted by Crippen LogP contribution is 2.21. The van der Waals surface area contributed by atoms with Crippen molar-refractivity contribution >= 4 is 11.8 Å². The van der Waals surface area contributed by atoms with Crippen LogP contribution in [-0.2, 0) is 4.79 Å². The number of nitrogens with two attached hydrogens (primary N) is 1. The van der Waals surface area contributed by atoms with Crippen molar-refractivity contribution in [3.05, 3.63) is 42.1 Å². The zero-order valence-corrected chi connectivity index (χ0v) is 14.1. The third-order valence-electron chi connectivity index (χ3n) is 4.40. The molecule has 0 saturated carbocycles. The summed E-state index contributed by atoms with van der Waals surface area (Å²) in [5.74, 6) is -0.329. The second kappa shape index (κ2) is 7.94. The molecular formula is C18H23N5O2. The molecule has 0 spiro atoms. The minimum absolute atomic E-state index is 0.0301. The van der Waals surface area contributed by atoms with Crippen molar-refractivity contribution in [3.63, 3.8) is 0 Å². The highest BCUT2D eigenvalue weighted by atomic mass is 16.2. The van der Waals surface area contributed by atoms with E-state index in [1.807, 2.05) is 30.3 Å². The Morgan fingerprint density at radius 1 is 1.32 bits per heavy atom. The molecule has 2 aromatic rings. The minimum atomic E-state index is -0.180. The van der Waals surface area contributed by atoms with Gasteiger partial charge < -0.3 is 16.0 Å². The predicted octanol–water partition coefficient (Wildman–Crippen LogP) is 1.00. The van der Waals surface area contributed by atoms with Gasteiger partial charge in [-0.15, -0.1) is 0 Å². The van der Waals surface area contributed by atoms with E-state index < -0.39 is 0 Å². The number of rotatable bonds is 5. The van der Waals surface area contributed by atoms with Crippen molar-refractivity contribution in [2.24, 2.45) is 11.7 Å². The Labute approximate surface area is 146 Å². The van der Waals surface area contributed by atoms with Crippen LogP contribution in [0.15, 0.2) is 36.4 Å². The van der Waals surface area contributed by atoms with E-state index in [2.05, 4.69) is 15.5 Å². The Bertz CT molecular complexity index is 728. The Hall–Kier alpha value is -2.67. The van der Waals surface area contributed by atoms with Crippen LogP contribution in [-0.4, -0.2) is 53.1 Å². The highest BCUT2D eigenvalue weighted by molar-refractivity contribution is 5.94. The summed E-state index contributed by atoms with van der Waals surface area (Å²) in [7, 11) is 0. The van der Waals surface area contributed by atoms with Gasteiger partial charge in [0.2, 0.25) is 5.91 Å². The molecule has 1 atom stereocenters. The molecule has 1 aromatic carbocycles. The first-order valence-electron chi connectivity index (χ1n) is 8.57. The van der Waals surface area contributed by atoms with Gasteiger partial charge in [-0.3, -0.25) is 14.7 Å². The first-order chi connectivity index (χ1) is 12.2. The molecule has 7 nitrogen and oxygen atoms in total. The van der Waals surface area contributed by atoms with Crippen LogP contribution in [0.5, 0.6) is 0 Å². The lowest BCUT2D eigenvalue weighted by Crippen LogP contribution is -2.46. The summed E-state index contributed by atoms with van der Waals surface area (Å²) < 4.78 is 0. The van der Waals surface area contributed by atoms with Crippen molar-refractivity contribution in [2.45, 2.75) is 12.8 Å². The fourth-order valence-corrected chi connectivity index (χ4v) is 3.07. The largest absolute Gasteiger partial charge is 0.355 e. The summed E-state index contributed by atoms with van der Waals surface area (Å²) in [6, 6.07) is 11.5. The molecule has 7 heteroatoms. The van der Waals surface area contributed by atoms with Crippen LogP contribution in [0, 0.1) is 5.92 Å². The van der Waals surface area contributed by atoms with Gasteiger partial charge in [0.25, 0.3) is 5.91 Å². The van der Waals surface area contributed by atoms with E-state index >= 15 is 0 Å². The van der Waals surface area contributed by atoms with Crippen LogP contribution in [0.4, 0.5) is 0 Å². The topological polar surface area (TPSA) is 104 Å². The zero-order chi connectivity index (χ0) is 17.6. The molecule has 1 fully saturated rings. The molecule has 1 unspecified atom stereocenters. The van der Waals surface area contributed by atoms with Crippen molar-refractivity contribution < 1.29 is 9.59 Å². The van der Waals surface area contributed by atoms with E-state index in [9.17, 15) is 9.59 Å². The van der Waals surface area contributed by atoms with Crippen LogP contribution in [0.2, 0.25) is 0 Å². The number of hydrogen-bond acceptors (Lipinski definition) is 4. The van der Waals surface area contributed by atoms with Crippen molar-refractivity contribution in [2.75, 3.05) is 26.2 Å². The van der Waals surface area contributed by atoms with E-state index in [4.69, 9.17) is 5.73 Å². The third-order valence-corrected chi connectivity index (χ3v) is 4.40. The molecule has 2 heterocycles. The summed E-state index contributed by atoms with van der Waals surface area (Å²) in [6.07, 6.45) is 1.60. The highest BCUT2D eigenvalue weighted by Gasteiger charge is 2.29. The molecule has 132 valence electrons. The van der Waals surface area contributed by atoms with E-state index in [1.165, 1.54) is 0 Å². The number of likely N-dealkylation sites (tertiary alicyclic amines) is 1. The van der Waals surface area contributed by atoms with Crippen molar-refractivity contribution in [1.29, 1.82) is 0 Å². The number of aromatic amines is 1.